The fourth-order valence-electron chi connectivity index (χ4n) is 5.57. The highest BCUT2D eigenvalue weighted by atomic mass is 15.1. The number of rotatable bonds is 3. The summed E-state index contributed by atoms with van der Waals surface area (Å²) in [5.74, 6) is 0. The Labute approximate surface area is 232 Å². The third kappa shape index (κ3) is 3.44. The van der Waals surface area contributed by atoms with Gasteiger partial charge in [-0.05, 0) is 41.1 Å². The normalized spacial score (nSPS) is 13.4. The molecule has 0 amide bonds. The average molecular weight is 503 g/mol. The topological polar surface area (TPSA) is 30.7 Å². The molecule has 0 atom stereocenters. The van der Waals surface area contributed by atoms with E-state index in [0.717, 1.165) is 27.7 Å². The van der Waals surface area contributed by atoms with Gasteiger partial charge in [0, 0.05) is 38.4 Å². The smallest absolute Gasteiger partial charge is 0.101 e. The zero-order valence-electron chi connectivity index (χ0n) is 25.7. The lowest BCUT2D eigenvalue weighted by Crippen LogP contribution is -1.96. The Morgan fingerprint density at radius 2 is 1.08 bits per heavy atom. The van der Waals surface area contributed by atoms with E-state index in [1.165, 1.54) is 21.5 Å². The van der Waals surface area contributed by atoms with E-state index in [4.69, 9.17) is 6.85 Å². The number of para-hydroxylation sites is 1. The van der Waals surface area contributed by atoms with Gasteiger partial charge in [0.2, 0.25) is 0 Å². The first-order chi connectivity index (χ1) is 21.4. The Hall–Kier alpha value is -5.28. The molecule has 0 unspecified atom stereocenters. The number of hydrogen-bond acceptors (Lipinski definition) is 2. The maximum absolute atomic E-state index is 8.47. The van der Waals surface area contributed by atoms with Crippen molar-refractivity contribution in [3.05, 3.63) is 139 Å². The van der Waals surface area contributed by atoms with E-state index >= 15 is 0 Å². The van der Waals surface area contributed by atoms with Gasteiger partial charge in [-0.1, -0.05) is 109 Å². The van der Waals surface area contributed by atoms with Gasteiger partial charge in [0.15, 0.2) is 0 Å². The molecule has 2 heterocycles. The summed E-state index contributed by atoms with van der Waals surface area (Å²) in [5.41, 5.74) is 5.08. The van der Waals surface area contributed by atoms with Gasteiger partial charge < -0.3 is 4.57 Å². The van der Waals surface area contributed by atoms with Crippen LogP contribution in [0, 0.1) is 0 Å². The van der Waals surface area contributed by atoms with Gasteiger partial charge in [0.05, 0.1) is 17.9 Å². The Morgan fingerprint density at radius 1 is 0.487 bits per heavy atom. The average Bonchev–Trinajstić information content (AvgIpc) is 3.38. The highest BCUT2D eigenvalue weighted by molar-refractivity contribution is 6.13. The van der Waals surface area contributed by atoms with Crippen molar-refractivity contribution in [3.8, 4) is 28.2 Å². The lowest BCUT2D eigenvalue weighted by molar-refractivity contribution is 1.06. The second kappa shape index (κ2) is 8.64. The van der Waals surface area contributed by atoms with Gasteiger partial charge in [-0.3, -0.25) is 0 Å². The summed E-state index contributed by atoms with van der Waals surface area (Å²) >= 11 is 0. The molecule has 0 radical (unpaired) electrons. The summed E-state index contributed by atoms with van der Waals surface area (Å²) in [6.07, 6.45) is 0. The molecule has 3 nitrogen and oxygen atoms in total. The maximum Gasteiger partial charge on any atom is 0.101 e. The van der Waals surface area contributed by atoms with E-state index < -0.39 is 18.1 Å². The summed E-state index contributed by atoms with van der Waals surface area (Å²) in [5, 5.41) is 15.2. The Balaban J connectivity index is 1.29. The molecule has 8 aromatic rings. The zero-order chi connectivity index (χ0) is 30.1. The van der Waals surface area contributed by atoms with Crippen LogP contribution >= 0.6 is 0 Å². The molecule has 0 fully saturated rings. The largest absolute Gasteiger partial charge is 0.309 e. The van der Waals surface area contributed by atoms with Crippen LogP contribution in [-0.4, -0.2) is 14.8 Å². The van der Waals surface area contributed by atoms with Gasteiger partial charge in [-0.25, -0.2) is 0 Å². The summed E-state index contributed by atoms with van der Waals surface area (Å²) in [6.45, 7) is 0. The second-order valence-electron chi connectivity index (χ2n) is 9.56. The molecule has 0 aliphatic carbocycles. The molecule has 0 saturated heterocycles. The molecular weight excluding hydrogens is 474 g/mol. The van der Waals surface area contributed by atoms with E-state index in [-0.39, 0.29) is 23.3 Å². The first-order valence-corrected chi connectivity index (χ1v) is 12.8. The summed E-state index contributed by atoms with van der Waals surface area (Å²) in [4.78, 5) is 0. The van der Waals surface area contributed by atoms with Crippen molar-refractivity contribution in [3.63, 3.8) is 0 Å². The lowest BCUT2D eigenvalue weighted by atomic mass is 10.0. The minimum atomic E-state index is -0.436. The number of fused-ring (bicyclic) bond motifs is 5. The van der Waals surface area contributed by atoms with Gasteiger partial charge in [0.1, 0.15) is 11.4 Å². The summed E-state index contributed by atoms with van der Waals surface area (Å²) < 4.78 is 43.5. The number of benzene rings is 6. The number of aromatic nitrogens is 3. The highest BCUT2D eigenvalue weighted by Gasteiger charge is 2.15. The third-order valence-corrected chi connectivity index (χ3v) is 7.36. The molecular formula is C36H23N3. The quantitative estimate of drug-likeness (QED) is 0.241. The van der Waals surface area contributed by atoms with Gasteiger partial charge in [-0.2, -0.15) is 0 Å². The van der Waals surface area contributed by atoms with Gasteiger partial charge >= 0.3 is 0 Å². The molecule has 182 valence electrons. The molecule has 6 aromatic carbocycles. The van der Waals surface area contributed by atoms with Crippen LogP contribution in [0.15, 0.2) is 139 Å². The minimum Gasteiger partial charge on any atom is -0.309 e. The van der Waals surface area contributed by atoms with Gasteiger partial charge in [0.25, 0.3) is 0 Å². The van der Waals surface area contributed by atoms with Crippen LogP contribution in [0.4, 0.5) is 0 Å². The second-order valence-corrected chi connectivity index (χ2v) is 9.56. The molecule has 8 rings (SSSR count). The zero-order valence-corrected chi connectivity index (χ0v) is 20.7. The fraction of sp³-hybridized carbons (Fsp3) is 0. The first kappa shape index (κ1) is 17.3. The molecule has 39 heavy (non-hydrogen) atoms. The molecule has 0 bridgehead atoms. The Morgan fingerprint density at radius 3 is 1.79 bits per heavy atom. The van der Waals surface area contributed by atoms with Crippen LogP contribution in [0.1, 0.15) is 6.85 Å². The van der Waals surface area contributed by atoms with Crippen molar-refractivity contribution >= 4 is 43.4 Å². The molecule has 2 aromatic heterocycles. The maximum atomic E-state index is 8.47. The molecule has 0 spiro atoms. The minimum absolute atomic E-state index is 0.0421. The Bertz CT molecular complexity index is 2420. The first-order valence-electron chi connectivity index (χ1n) is 15.3. The molecule has 0 N–H and O–H groups in total. The van der Waals surface area contributed by atoms with Crippen LogP contribution in [0.3, 0.4) is 0 Å². The van der Waals surface area contributed by atoms with Crippen LogP contribution in [-0.2, 0) is 0 Å². The molecule has 0 saturated carbocycles. The SMILES string of the molecule is [2H]c1c([2H])c([2H])c(-c2nnc(-c3ccc(-n4c5ccccc5c5cc6ccccc6cc54)cc3)c3ccccc23)c([2H])c1[2H]. The van der Waals surface area contributed by atoms with E-state index in [1.807, 2.05) is 36.4 Å². The summed E-state index contributed by atoms with van der Waals surface area (Å²) in [7, 11) is 0. The van der Waals surface area contributed by atoms with Crippen molar-refractivity contribution in [2.45, 2.75) is 0 Å². The lowest BCUT2D eigenvalue weighted by Gasteiger charge is -2.12. The molecule has 0 aliphatic rings. The van der Waals surface area contributed by atoms with Crippen LogP contribution in [0.5, 0.6) is 0 Å². The van der Waals surface area contributed by atoms with E-state index in [2.05, 4.69) is 87.6 Å². The third-order valence-electron chi connectivity index (χ3n) is 7.36. The number of hydrogen-bond donors (Lipinski definition) is 0. The molecule has 3 heteroatoms. The Kier molecular flexibility index (Phi) is 3.83. The van der Waals surface area contributed by atoms with Crippen molar-refractivity contribution in [1.82, 2.24) is 14.8 Å². The predicted octanol–water partition coefficient (Wildman–Crippen LogP) is 9.21. The number of nitrogens with zero attached hydrogens (tertiary/aromatic N) is 3. The molecule has 0 aliphatic heterocycles. The van der Waals surface area contributed by atoms with Gasteiger partial charge in [-0.15, -0.1) is 10.2 Å². The predicted molar refractivity (Wildman–Crippen MR) is 162 cm³/mol. The monoisotopic (exact) mass is 502 g/mol. The van der Waals surface area contributed by atoms with Crippen molar-refractivity contribution < 1.29 is 6.85 Å². The van der Waals surface area contributed by atoms with E-state index in [1.54, 1.807) is 0 Å². The van der Waals surface area contributed by atoms with Crippen LogP contribution < -0.4 is 0 Å². The highest BCUT2D eigenvalue weighted by Crippen LogP contribution is 2.36. The van der Waals surface area contributed by atoms with E-state index in [0.29, 0.717) is 11.1 Å². The van der Waals surface area contributed by atoms with Crippen LogP contribution in [0.2, 0.25) is 0 Å². The van der Waals surface area contributed by atoms with Crippen molar-refractivity contribution in [1.29, 1.82) is 0 Å². The standard InChI is InChI=1S/C36H23N3/c1-2-10-24(11-3-1)35-30-15-6-7-16-31(30)36(38-37-35)25-18-20-28(21-19-25)39-33-17-9-8-14-29(33)32-22-26-12-4-5-13-27(26)23-34(32)39/h1-23H/i1D,2D,3D,10D,11D. The van der Waals surface area contributed by atoms with E-state index in [9.17, 15) is 0 Å². The van der Waals surface area contributed by atoms with Crippen molar-refractivity contribution in [2.75, 3.05) is 0 Å². The van der Waals surface area contributed by atoms with Crippen molar-refractivity contribution in [2.24, 2.45) is 0 Å². The fourth-order valence-corrected chi connectivity index (χ4v) is 5.57. The van der Waals surface area contributed by atoms with Crippen LogP contribution in [0.25, 0.3) is 71.6 Å². The summed E-state index contributed by atoms with van der Waals surface area (Å²) in [6, 6.07) is 35.2.